The van der Waals surface area contributed by atoms with Crippen molar-refractivity contribution in [1.82, 2.24) is 4.90 Å². The highest BCUT2D eigenvalue weighted by atomic mass is 32.2. The highest BCUT2D eigenvalue weighted by Crippen LogP contribution is 2.34. The molecule has 0 spiro atoms. The Morgan fingerprint density at radius 3 is 2.74 bits per heavy atom. The largest absolute Gasteiger partial charge is 0.494 e. The second kappa shape index (κ2) is 8.91. The summed E-state index contributed by atoms with van der Waals surface area (Å²) in [6.07, 6.45) is 3.77. The summed E-state index contributed by atoms with van der Waals surface area (Å²) in [5, 5.41) is 0.700. The number of carbonyl (C=O) groups excluding carboxylic acids is 1. The Morgan fingerprint density at radius 2 is 1.96 bits per heavy atom. The van der Waals surface area contributed by atoms with Crippen LogP contribution in [-0.4, -0.2) is 29.6 Å². The molecule has 0 atom stereocenters. The number of thioether (sulfide) groups is 1. The smallest absolute Gasteiger partial charge is 0.266 e. The van der Waals surface area contributed by atoms with Crippen molar-refractivity contribution in [3.05, 3.63) is 64.6 Å². The number of benzene rings is 2. The van der Waals surface area contributed by atoms with Crippen LogP contribution in [0.15, 0.2) is 58.4 Å². The number of hydrogen-bond acceptors (Lipinski definition) is 4. The van der Waals surface area contributed by atoms with E-state index in [4.69, 9.17) is 9.73 Å². The molecule has 0 unspecified atom stereocenters. The van der Waals surface area contributed by atoms with Gasteiger partial charge in [-0.25, -0.2) is 4.99 Å². The van der Waals surface area contributed by atoms with Crippen LogP contribution in [0.25, 0.3) is 6.08 Å². The number of aryl methyl sites for hydroxylation is 1. The van der Waals surface area contributed by atoms with E-state index < -0.39 is 0 Å². The lowest BCUT2D eigenvalue weighted by Crippen LogP contribution is -2.23. The van der Waals surface area contributed by atoms with Gasteiger partial charge in [-0.1, -0.05) is 44.2 Å². The SMILES string of the molecule is CCCOc1cccc(/C=C2/SC(=Nc3ccccc3CC)N(C)C2=O)c1. The molecule has 5 heteroatoms. The van der Waals surface area contributed by atoms with Gasteiger partial charge in [0.05, 0.1) is 17.2 Å². The molecule has 140 valence electrons. The molecule has 2 aromatic rings. The quantitative estimate of drug-likeness (QED) is 0.641. The summed E-state index contributed by atoms with van der Waals surface area (Å²) in [6, 6.07) is 15.8. The molecule has 1 aliphatic rings. The lowest BCUT2D eigenvalue weighted by molar-refractivity contribution is -0.121. The molecule has 1 amide bonds. The number of ether oxygens (including phenoxy) is 1. The summed E-state index contributed by atoms with van der Waals surface area (Å²) in [6.45, 7) is 4.87. The van der Waals surface area contributed by atoms with E-state index >= 15 is 0 Å². The summed E-state index contributed by atoms with van der Waals surface area (Å²) in [7, 11) is 1.77. The third-order valence-corrected chi connectivity index (χ3v) is 5.28. The van der Waals surface area contributed by atoms with Crippen molar-refractivity contribution >= 4 is 34.6 Å². The number of likely N-dealkylation sites (N-methyl/N-ethyl adjacent to an activating group) is 1. The fourth-order valence-corrected chi connectivity index (χ4v) is 3.72. The van der Waals surface area contributed by atoms with Gasteiger partial charge in [-0.15, -0.1) is 0 Å². The molecule has 27 heavy (non-hydrogen) atoms. The van der Waals surface area contributed by atoms with Crippen molar-refractivity contribution < 1.29 is 9.53 Å². The molecular formula is C22H24N2O2S. The predicted octanol–water partition coefficient (Wildman–Crippen LogP) is 5.27. The molecule has 3 rings (SSSR count). The summed E-state index contributed by atoms with van der Waals surface area (Å²) in [5.41, 5.74) is 3.03. The van der Waals surface area contributed by atoms with Crippen molar-refractivity contribution in [3.8, 4) is 5.75 Å². The zero-order chi connectivity index (χ0) is 19.2. The second-order valence-electron chi connectivity index (χ2n) is 6.27. The van der Waals surface area contributed by atoms with Gasteiger partial charge in [0.1, 0.15) is 5.75 Å². The van der Waals surface area contributed by atoms with Gasteiger partial charge in [0.25, 0.3) is 5.91 Å². The van der Waals surface area contributed by atoms with Gasteiger partial charge in [0, 0.05) is 7.05 Å². The van der Waals surface area contributed by atoms with Crippen LogP contribution in [0.1, 0.15) is 31.4 Å². The molecule has 4 nitrogen and oxygen atoms in total. The summed E-state index contributed by atoms with van der Waals surface area (Å²) < 4.78 is 5.68. The molecule has 1 saturated heterocycles. The van der Waals surface area contributed by atoms with Crippen molar-refractivity contribution in [1.29, 1.82) is 0 Å². The Labute approximate surface area is 164 Å². The number of amidine groups is 1. The number of aliphatic imine (C=N–C) groups is 1. The monoisotopic (exact) mass is 380 g/mol. The second-order valence-corrected chi connectivity index (χ2v) is 7.28. The minimum absolute atomic E-state index is 0.0346. The lowest BCUT2D eigenvalue weighted by Gasteiger charge is -2.08. The molecule has 0 aliphatic carbocycles. The van der Waals surface area contributed by atoms with Crippen LogP contribution in [0.4, 0.5) is 5.69 Å². The first kappa shape index (κ1) is 19.2. The number of nitrogens with zero attached hydrogens (tertiary/aromatic N) is 2. The number of hydrogen-bond donors (Lipinski definition) is 0. The van der Waals surface area contributed by atoms with Gasteiger partial charge in [0.15, 0.2) is 5.17 Å². The summed E-state index contributed by atoms with van der Waals surface area (Å²) in [4.78, 5) is 19.7. The highest BCUT2D eigenvalue weighted by molar-refractivity contribution is 8.18. The van der Waals surface area contributed by atoms with Gasteiger partial charge >= 0.3 is 0 Å². The molecule has 1 aliphatic heterocycles. The van der Waals surface area contributed by atoms with E-state index in [1.807, 2.05) is 48.5 Å². The Kier molecular flexibility index (Phi) is 6.35. The van der Waals surface area contributed by atoms with Gasteiger partial charge in [-0.3, -0.25) is 9.69 Å². The minimum Gasteiger partial charge on any atom is -0.494 e. The zero-order valence-corrected chi connectivity index (χ0v) is 16.8. The molecule has 0 saturated carbocycles. The van der Waals surface area contributed by atoms with Crippen molar-refractivity contribution in [2.45, 2.75) is 26.7 Å². The number of para-hydroxylation sites is 1. The summed E-state index contributed by atoms with van der Waals surface area (Å²) >= 11 is 1.41. The molecule has 1 fully saturated rings. The third kappa shape index (κ3) is 4.61. The van der Waals surface area contributed by atoms with Gasteiger partial charge < -0.3 is 4.74 Å². The molecule has 1 heterocycles. The first-order chi connectivity index (χ1) is 13.1. The fourth-order valence-electron chi connectivity index (χ4n) is 2.74. The number of amides is 1. The topological polar surface area (TPSA) is 41.9 Å². The Morgan fingerprint density at radius 1 is 1.15 bits per heavy atom. The van der Waals surface area contributed by atoms with Gasteiger partial charge in [-0.05, 0) is 60.0 Å². The molecule has 2 aromatic carbocycles. The normalized spacial score (nSPS) is 17.1. The fraction of sp³-hybridized carbons (Fsp3) is 0.273. The Bertz CT molecular complexity index is 889. The first-order valence-corrected chi connectivity index (χ1v) is 10.0. The summed E-state index contributed by atoms with van der Waals surface area (Å²) in [5.74, 6) is 0.786. The molecular weight excluding hydrogens is 356 g/mol. The van der Waals surface area contributed by atoms with Crippen molar-refractivity contribution in [2.75, 3.05) is 13.7 Å². The van der Waals surface area contributed by atoms with Crippen LogP contribution in [-0.2, 0) is 11.2 Å². The maximum atomic E-state index is 12.6. The third-order valence-electron chi connectivity index (χ3n) is 4.22. The Balaban J connectivity index is 1.85. The van der Waals surface area contributed by atoms with Crippen LogP contribution < -0.4 is 4.74 Å². The average Bonchev–Trinajstić information content (AvgIpc) is 2.95. The molecule has 0 radical (unpaired) electrons. The Hall–Kier alpha value is -2.53. The maximum absolute atomic E-state index is 12.6. The van der Waals surface area contributed by atoms with Crippen molar-refractivity contribution in [3.63, 3.8) is 0 Å². The van der Waals surface area contributed by atoms with Crippen LogP contribution in [0.2, 0.25) is 0 Å². The van der Waals surface area contributed by atoms with E-state index in [9.17, 15) is 4.79 Å². The lowest BCUT2D eigenvalue weighted by atomic mass is 10.1. The standard InChI is InChI=1S/C22H24N2O2S/c1-4-13-26-18-11-8-9-16(14-18)15-20-21(25)24(3)22(27-20)23-19-12-7-6-10-17(19)5-2/h6-12,14-15H,4-5,13H2,1-3H3/b20-15+,23-22?. The van der Waals surface area contributed by atoms with E-state index in [0.29, 0.717) is 16.7 Å². The maximum Gasteiger partial charge on any atom is 0.266 e. The van der Waals surface area contributed by atoms with E-state index in [1.165, 1.54) is 17.3 Å². The zero-order valence-electron chi connectivity index (χ0n) is 15.9. The number of carbonyl (C=O) groups is 1. The van der Waals surface area contributed by atoms with E-state index in [2.05, 4.69) is 19.9 Å². The van der Waals surface area contributed by atoms with Crippen molar-refractivity contribution in [2.24, 2.45) is 4.99 Å². The molecule has 0 N–H and O–H groups in total. The van der Waals surface area contributed by atoms with Crippen LogP contribution in [0.3, 0.4) is 0 Å². The highest BCUT2D eigenvalue weighted by Gasteiger charge is 2.30. The van der Waals surface area contributed by atoms with E-state index in [0.717, 1.165) is 29.8 Å². The molecule has 0 aromatic heterocycles. The van der Waals surface area contributed by atoms with Gasteiger partial charge in [-0.2, -0.15) is 0 Å². The first-order valence-electron chi connectivity index (χ1n) is 9.19. The minimum atomic E-state index is -0.0346. The molecule has 0 bridgehead atoms. The number of rotatable bonds is 6. The van der Waals surface area contributed by atoms with Crippen LogP contribution in [0.5, 0.6) is 5.75 Å². The van der Waals surface area contributed by atoms with Crippen LogP contribution in [0, 0.1) is 0 Å². The van der Waals surface area contributed by atoms with Gasteiger partial charge in [0.2, 0.25) is 0 Å². The van der Waals surface area contributed by atoms with E-state index in [-0.39, 0.29) is 5.91 Å². The van der Waals surface area contributed by atoms with Crippen LogP contribution >= 0.6 is 11.8 Å². The van der Waals surface area contributed by atoms with E-state index in [1.54, 1.807) is 11.9 Å². The predicted molar refractivity (Wildman–Crippen MR) is 113 cm³/mol. The average molecular weight is 381 g/mol.